The number of rotatable bonds is 5. The summed E-state index contributed by atoms with van der Waals surface area (Å²) in [5.41, 5.74) is 6.27. The van der Waals surface area contributed by atoms with E-state index in [0.717, 1.165) is 25.5 Å². The number of thiocarbonyl (C=S) groups is 1. The SMILES string of the molecule is CCNC1=CC(=S)NN(N(CC)CC)N1. The molecule has 5 nitrogen and oxygen atoms in total. The third-order valence-corrected chi connectivity index (χ3v) is 2.31. The highest BCUT2D eigenvalue weighted by molar-refractivity contribution is 7.80. The Morgan fingerprint density at radius 1 is 1.33 bits per heavy atom. The normalized spacial score (nSPS) is 17.1. The zero-order valence-electron chi connectivity index (χ0n) is 9.50. The summed E-state index contributed by atoms with van der Waals surface area (Å²) >= 11 is 5.15. The second-order valence-electron chi connectivity index (χ2n) is 3.13. The summed E-state index contributed by atoms with van der Waals surface area (Å²) < 4.78 is 0. The molecule has 0 saturated heterocycles. The molecule has 86 valence electrons. The molecule has 6 heteroatoms. The monoisotopic (exact) mass is 229 g/mol. The van der Waals surface area contributed by atoms with E-state index in [1.807, 2.05) is 11.3 Å². The Kier molecular flexibility index (Phi) is 4.80. The van der Waals surface area contributed by atoms with Crippen molar-refractivity contribution in [1.29, 1.82) is 0 Å². The van der Waals surface area contributed by atoms with Gasteiger partial charge in [-0.3, -0.25) is 10.9 Å². The van der Waals surface area contributed by atoms with Crippen LogP contribution in [0.3, 0.4) is 0 Å². The fraction of sp³-hybridized carbons (Fsp3) is 0.667. The molecule has 1 aliphatic rings. The van der Waals surface area contributed by atoms with Crippen molar-refractivity contribution in [2.24, 2.45) is 0 Å². The van der Waals surface area contributed by atoms with E-state index in [9.17, 15) is 0 Å². The van der Waals surface area contributed by atoms with Crippen LogP contribution in [0.1, 0.15) is 20.8 Å². The molecule has 0 saturated carbocycles. The third-order valence-electron chi connectivity index (χ3n) is 2.10. The molecule has 0 amide bonds. The van der Waals surface area contributed by atoms with Crippen LogP contribution in [0.25, 0.3) is 0 Å². The molecule has 3 N–H and O–H groups in total. The van der Waals surface area contributed by atoms with E-state index in [-0.39, 0.29) is 0 Å². The van der Waals surface area contributed by atoms with Gasteiger partial charge in [0.15, 0.2) is 0 Å². The van der Waals surface area contributed by atoms with Crippen molar-refractivity contribution in [3.05, 3.63) is 11.9 Å². The molecule has 0 bridgehead atoms. The van der Waals surface area contributed by atoms with Gasteiger partial charge in [-0.2, -0.15) is 0 Å². The van der Waals surface area contributed by atoms with Crippen LogP contribution in [0, 0.1) is 0 Å². The lowest BCUT2D eigenvalue weighted by atomic mass is 10.5. The maximum atomic E-state index is 5.15. The van der Waals surface area contributed by atoms with Crippen LogP contribution >= 0.6 is 12.2 Å². The van der Waals surface area contributed by atoms with Crippen molar-refractivity contribution in [1.82, 2.24) is 26.4 Å². The summed E-state index contributed by atoms with van der Waals surface area (Å²) in [5.74, 6) is 0.924. The van der Waals surface area contributed by atoms with Gasteiger partial charge in [0, 0.05) is 25.7 Å². The number of hydrogen-bond donors (Lipinski definition) is 3. The molecule has 1 rings (SSSR count). The van der Waals surface area contributed by atoms with Gasteiger partial charge in [0.1, 0.15) is 10.8 Å². The average molecular weight is 229 g/mol. The number of hydrazine groups is 3. The van der Waals surface area contributed by atoms with Crippen molar-refractivity contribution in [3.63, 3.8) is 0 Å². The second kappa shape index (κ2) is 5.89. The van der Waals surface area contributed by atoms with Crippen molar-refractivity contribution in [2.75, 3.05) is 19.6 Å². The molecule has 0 fully saturated rings. The zero-order valence-corrected chi connectivity index (χ0v) is 10.3. The predicted octanol–water partition coefficient (Wildman–Crippen LogP) is 0.346. The Morgan fingerprint density at radius 2 is 2.00 bits per heavy atom. The largest absolute Gasteiger partial charge is 0.371 e. The van der Waals surface area contributed by atoms with Gasteiger partial charge in [-0.1, -0.05) is 31.3 Å². The standard InChI is InChI=1S/C9H19N5S/c1-4-10-8-7-9(15)12-14(11-8)13(5-2)6-3/h7,10-11H,4-6H2,1-3H3,(H,12,15). The number of hydrogen-bond acceptors (Lipinski definition) is 5. The lowest BCUT2D eigenvalue weighted by molar-refractivity contribution is -0.0826. The van der Waals surface area contributed by atoms with Gasteiger partial charge >= 0.3 is 0 Å². The average Bonchev–Trinajstić information content (AvgIpc) is 2.19. The quantitative estimate of drug-likeness (QED) is 0.591. The fourth-order valence-corrected chi connectivity index (χ4v) is 1.58. The molecule has 0 aromatic rings. The molecule has 0 aromatic carbocycles. The Bertz CT molecular complexity index is 249. The van der Waals surface area contributed by atoms with Gasteiger partial charge in [-0.15, -0.1) is 0 Å². The van der Waals surface area contributed by atoms with Crippen LogP contribution in [0.5, 0.6) is 0 Å². The smallest absolute Gasteiger partial charge is 0.119 e. The van der Waals surface area contributed by atoms with Gasteiger partial charge < -0.3 is 5.32 Å². The first-order valence-electron chi connectivity index (χ1n) is 5.29. The molecule has 0 atom stereocenters. The summed E-state index contributed by atoms with van der Waals surface area (Å²) in [6.07, 6.45) is 1.87. The Balaban J connectivity index is 2.64. The third kappa shape index (κ3) is 3.33. The molecular weight excluding hydrogens is 210 g/mol. The summed E-state index contributed by atoms with van der Waals surface area (Å²) in [5, 5.41) is 7.13. The molecule has 0 aliphatic carbocycles. The molecule has 0 unspecified atom stereocenters. The van der Waals surface area contributed by atoms with Crippen LogP contribution in [0.4, 0.5) is 0 Å². The Labute approximate surface area is 96.4 Å². The van der Waals surface area contributed by atoms with E-state index >= 15 is 0 Å². The lowest BCUT2D eigenvalue weighted by Gasteiger charge is -2.37. The lowest BCUT2D eigenvalue weighted by Crippen LogP contribution is -2.62. The van der Waals surface area contributed by atoms with Gasteiger partial charge in [0.2, 0.25) is 0 Å². The van der Waals surface area contributed by atoms with E-state index in [1.165, 1.54) is 0 Å². The molecule has 1 heterocycles. The maximum absolute atomic E-state index is 5.15. The van der Waals surface area contributed by atoms with Crippen LogP contribution in [0.15, 0.2) is 11.9 Å². The fourth-order valence-electron chi connectivity index (χ4n) is 1.37. The molecule has 1 aliphatic heterocycles. The minimum Gasteiger partial charge on any atom is -0.371 e. The minimum atomic E-state index is 0.705. The molecule has 0 aromatic heterocycles. The summed E-state index contributed by atoms with van der Waals surface area (Å²) in [6, 6.07) is 0. The predicted molar refractivity (Wildman–Crippen MR) is 65.4 cm³/mol. The second-order valence-corrected chi connectivity index (χ2v) is 3.57. The van der Waals surface area contributed by atoms with Crippen molar-refractivity contribution >= 4 is 17.2 Å². The number of nitrogens with one attached hydrogen (secondary N) is 3. The van der Waals surface area contributed by atoms with Crippen molar-refractivity contribution in [2.45, 2.75) is 20.8 Å². The van der Waals surface area contributed by atoms with Crippen molar-refractivity contribution in [3.8, 4) is 0 Å². The van der Waals surface area contributed by atoms with E-state index in [1.54, 1.807) is 0 Å². The van der Waals surface area contributed by atoms with Gasteiger partial charge in [0.25, 0.3) is 0 Å². The highest BCUT2D eigenvalue weighted by Crippen LogP contribution is 1.99. The van der Waals surface area contributed by atoms with Crippen LogP contribution in [-0.4, -0.2) is 34.9 Å². The van der Waals surface area contributed by atoms with E-state index in [2.05, 4.69) is 41.9 Å². The van der Waals surface area contributed by atoms with E-state index in [4.69, 9.17) is 12.2 Å². The van der Waals surface area contributed by atoms with E-state index < -0.39 is 0 Å². The molecular formula is C9H19N5S. The highest BCUT2D eigenvalue weighted by Gasteiger charge is 2.17. The van der Waals surface area contributed by atoms with Gasteiger partial charge in [0.05, 0.1) is 0 Å². The minimum absolute atomic E-state index is 0.705. The summed E-state index contributed by atoms with van der Waals surface area (Å²) in [4.78, 5) is 0.705. The summed E-state index contributed by atoms with van der Waals surface area (Å²) in [6.45, 7) is 8.95. The van der Waals surface area contributed by atoms with E-state index in [0.29, 0.717) is 4.99 Å². The molecule has 15 heavy (non-hydrogen) atoms. The molecule has 0 radical (unpaired) electrons. The topological polar surface area (TPSA) is 42.6 Å². The highest BCUT2D eigenvalue weighted by atomic mass is 32.1. The van der Waals surface area contributed by atoms with Gasteiger partial charge in [-0.05, 0) is 6.92 Å². The Morgan fingerprint density at radius 3 is 2.53 bits per heavy atom. The van der Waals surface area contributed by atoms with Crippen molar-refractivity contribution < 1.29 is 0 Å². The maximum Gasteiger partial charge on any atom is 0.119 e. The van der Waals surface area contributed by atoms with Crippen LogP contribution < -0.4 is 16.2 Å². The first kappa shape index (κ1) is 12.2. The van der Waals surface area contributed by atoms with Gasteiger partial charge in [-0.25, -0.2) is 5.01 Å². The molecule has 0 spiro atoms. The van der Waals surface area contributed by atoms with Crippen LogP contribution in [-0.2, 0) is 0 Å². The Hall–Kier alpha value is -0.850. The van der Waals surface area contributed by atoms with Crippen LogP contribution in [0.2, 0.25) is 0 Å². The first-order chi connectivity index (χ1) is 7.21. The first-order valence-corrected chi connectivity index (χ1v) is 5.69. The number of nitrogens with zero attached hydrogens (tertiary/aromatic N) is 2. The zero-order chi connectivity index (χ0) is 11.3. The summed E-state index contributed by atoms with van der Waals surface area (Å²) in [7, 11) is 0.